The lowest BCUT2D eigenvalue weighted by Crippen LogP contribution is -2.36. The highest BCUT2D eigenvalue weighted by Crippen LogP contribution is 2.19. The van der Waals surface area contributed by atoms with Crippen LogP contribution in [-0.4, -0.2) is 53.6 Å². The maximum atomic E-state index is 11.1. The molecule has 0 spiro atoms. The van der Waals surface area contributed by atoms with Crippen LogP contribution >= 0.6 is 0 Å². The van der Waals surface area contributed by atoms with E-state index in [0.717, 1.165) is 19.5 Å². The largest absolute Gasteiger partial charge is 0.467 e. The second kappa shape index (κ2) is 6.36. The number of anilines is 2. The van der Waals surface area contributed by atoms with Crippen LogP contribution in [-0.2, 0) is 4.79 Å². The van der Waals surface area contributed by atoms with Crippen LogP contribution in [0.25, 0.3) is 0 Å². The van der Waals surface area contributed by atoms with Gasteiger partial charge in [-0.3, -0.25) is 4.79 Å². The molecular formula is C12H20N6O2. The molecular weight excluding hydrogens is 260 g/mol. The van der Waals surface area contributed by atoms with Gasteiger partial charge in [0.25, 0.3) is 0 Å². The maximum absolute atomic E-state index is 11.1. The molecule has 1 amide bonds. The summed E-state index contributed by atoms with van der Waals surface area (Å²) < 4.78 is 5.09. The van der Waals surface area contributed by atoms with Gasteiger partial charge >= 0.3 is 6.01 Å². The molecule has 2 rings (SSSR count). The number of aromatic nitrogens is 3. The molecule has 0 radical (unpaired) electrons. The summed E-state index contributed by atoms with van der Waals surface area (Å²) in [7, 11) is 1.53. The number of rotatable bonds is 5. The predicted octanol–water partition coefficient (Wildman–Crippen LogP) is 0.0268. The molecule has 8 heteroatoms. The first kappa shape index (κ1) is 14.3. The predicted molar refractivity (Wildman–Crippen MR) is 75.0 cm³/mol. The molecule has 1 saturated heterocycles. The summed E-state index contributed by atoms with van der Waals surface area (Å²) in [6, 6.07) is 0.423. The van der Waals surface area contributed by atoms with Crippen LogP contribution in [0.1, 0.15) is 20.3 Å². The highest BCUT2D eigenvalue weighted by atomic mass is 16.5. The number of hydrogen-bond acceptors (Lipinski definition) is 7. The zero-order valence-electron chi connectivity index (χ0n) is 12.0. The average Bonchev–Trinajstić information content (AvgIpc) is 2.86. The van der Waals surface area contributed by atoms with E-state index in [-0.39, 0.29) is 18.0 Å². The van der Waals surface area contributed by atoms with Crippen LogP contribution in [0.4, 0.5) is 11.9 Å². The van der Waals surface area contributed by atoms with Crippen molar-refractivity contribution in [3.05, 3.63) is 0 Å². The smallest absolute Gasteiger partial charge is 0.322 e. The third-order valence-corrected chi connectivity index (χ3v) is 3.00. The van der Waals surface area contributed by atoms with Gasteiger partial charge in [-0.25, -0.2) is 0 Å². The molecule has 2 heterocycles. The summed E-state index contributed by atoms with van der Waals surface area (Å²) in [5, 5.41) is 5.96. The Kier molecular flexibility index (Phi) is 4.54. The minimum Gasteiger partial charge on any atom is -0.467 e. The van der Waals surface area contributed by atoms with Crippen molar-refractivity contribution < 1.29 is 9.53 Å². The third kappa shape index (κ3) is 3.46. The molecule has 0 aliphatic carbocycles. The lowest BCUT2D eigenvalue weighted by atomic mass is 10.3. The first-order valence-corrected chi connectivity index (χ1v) is 6.68. The molecule has 1 aliphatic heterocycles. The minimum atomic E-state index is -0.0154. The van der Waals surface area contributed by atoms with E-state index in [0.29, 0.717) is 18.4 Å². The van der Waals surface area contributed by atoms with Crippen molar-refractivity contribution in [3.8, 4) is 6.01 Å². The summed E-state index contributed by atoms with van der Waals surface area (Å²) in [6.07, 6.45) is 0.879. The van der Waals surface area contributed by atoms with Gasteiger partial charge < -0.3 is 20.3 Å². The van der Waals surface area contributed by atoms with E-state index in [4.69, 9.17) is 4.74 Å². The average molecular weight is 280 g/mol. The van der Waals surface area contributed by atoms with Crippen molar-refractivity contribution in [3.63, 3.8) is 0 Å². The number of methoxy groups -OCH3 is 1. The van der Waals surface area contributed by atoms with Crippen LogP contribution in [0.3, 0.4) is 0 Å². The fourth-order valence-corrected chi connectivity index (χ4v) is 2.16. The van der Waals surface area contributed by atoms with E-state index in [9.17, 15) is 4.79 Å². The summed E-state index contributed by atoms with van der Waals surface area (Å²) in [5.41, 5.74) is 0. The molecule has 1 aromatic rings. The fraction of sp³-hybridized carbons (Fsp3) is 0.667. The Morgan fingerprint density at radius 2 is 2.25 bits per heavy atom. The van der Waals surface area contributed by atoms with Crippen LogP contribution in [0.15, 0.2) is 0 Å². The summed E-state index contributed by atoms with van der Waals surface area (Å²) in [5.74, 6) is 1.05. The number of amides is 1. The molecule has 2 N–H and O–H groups in total. The van der Waals surface area contributed by atoms with Crippen molar-refractivity contribution in [2.75, 3.05) is 37.0 Å². The number of ether oxygens (including phenoxy) is 1. The van der Waals surface area contributed by atoms with Gasteiger partial charge in [0.2, 0.25) is 17.8 Å². The molecule has 1 atom stereocenters. The van der Waals surface area contributed by atoms with Gasteiger partial charge in [-0.1, -0.05) is 0 Å². The quantitative estimate of drug-likeness (QED) is 0.786. The molecule has 110 valence electrons. The molecule has 0 saturated carbocycles. The molecule has 1 aliphatic rings. The van der Waals surface area contributed by atoms with Crippen molar-refractivity contribution >= 4 is 17.8 Å². The van der Waals surface area contributed by atoms with E-state index in [1.54, 1.807) is 0 Å². The van der Waals surface area contributed by atoms with Crippen LogP contribution < -0.4 is 20.3 Å². The van der Waals surface area contributed by atoms with Crippen molar-refractivity contribution in [1.82, 2.24) is 20.3 Å². The Bertz CT molecular complexity index is 481. The second-order valence-corrected chi connectivity index (χ2v) is 4.61. The zero-order chi connectivity index (χ0) is 14.5. The summed E-state index contributed by atoms with van der Waals surface area (Å²) >= 11 is 0. The van der Waals surface area contributed by atoms with E-state index in [1.165, 1.54) is 14.0 Å². The Balaban J connectivity index is 2.12. The molecule has 1 unspecified atom stereocenters. The van der Waals surface area contributed by atoms with Gasteiger partial charge in [0, 0.05) is 32.6 Å². The standard InChI is InChI=1S/C12H20N6O2/c1-4-13-10-15-11(17-12(16-10)20-3)18-6-5-9(7-18)14-8(2)19/h9H,4-7H2,1-3H3,(H,14,19)(H,13,15,16,17). The van der Waals surface area contributed by atoms with Crippen molar-refractivity contribution in [2.24, 2.45) is 0 Å². The summed E-state index contributed by atoms with van der Waals surface area (Å²) in [6.45, 7) is 5.71. The third-order valence-electron chi connectivity index (χ3n) is 3.00. The van der Waals surface area contributed by atoms with E-state index < -0.39 is 0 Å². The topological polar surface area (TPSA) is 92.3 Å². The molecule has 1 aromatic heterocycles. The Morgan fingerprint density at radius 3 is 2.90 bits per heavy atom. The number of carbonyl (C=O) groups excluding carboxylic acids is 1. The summed E-state index contributed by atoms with van der Waals surface area (Å²) in [4.78, 5) is 25.9. The molecule has 20 heavy (non-hydrogen) atoms. The van der Waals surface area contributed by atoms with Gasteiger partial charge in [0.05, 0.1) is 7.11 Å². The van der Waals surface area contributed by atoms with E-state index in [2.05, 4.69) is 25.6 Å². The van der Waals surface area contributed by atoms with Crippen molar-refractivity contribution in [1.29, 1.82) is 0 Å². The van der Waals surface area contributed by atoms with Crippen LogP contribution in [0, 0.1) is 0 Å². The van der Waals surface area contributed by atoms with Gasteiger partial charge in [0.15, 0.2) is 0 Å². The first-order chi connectivity index (χ1) is 9.62. The second-order valence-electron chi connectivity index (χ2n) is 4.61. The number of nitrogens with zero attached hydrogens (tertiary/aromatic N) is 4. The number of nitrogens with one attached hydrogen (secondary N) is 2. The van der Waals surface area contributed by atoms with Gasteiger partial charge in [-0.05, 0) is 13.3 Å². The lowest BCUT2D eigenvalue weighted by molar-refractivity contribution is -0.119. The monoisotopic (exact) mass is 280 g/mol. The minimum absolute atomic E-state index is 0.0154. The van der Waals surface area contributed by atoms with Crippen LogP contribution in [0.2, 0.25) is 0 Å². The Morgan fingerprint density at radius 1 is 1.45 bits per heavy atom. The van der Waals surface area contributed by atoms with Gasteiger partial charge in [0.1, 0.15) is 0 Å². The SMILES string of the molecule is CCNc1nc(OC)nc(N2CCC(NC(C)=O)C2)n1. The van der Waals surface area contributed by atoms with Crippen molar-refractivity contribution in [2.45, 2.75) is 26.3 Å². The zero-order valence-corrected chi connectivity index (χ0v) is 12.0. The molecule has 0 aromatic carbocycles. The van der Waals surface area contributed by atoms with E-state index in [1.807, 2.05) is 11.8 Å². The lowest BCUT2D eigenvalue weighted by Gasteiger charge is -2.17. The molecule has 1 fully saturated rings. The number of hydrogen-bond donors (Lipinski definition) is 2. The van der Waals surface area contributed by atoms with E-state index >= 15 is 0 Å². The highest BCUT2D eigenvalue weighted by molar-refractivity contribution is 5.73. The van der Waals surface area contributed by atoms with Gasteiger partial charge in [-0.15, -0.1) is 0 Å². The van der Waals surface area contributed by atoms with Crippen LogP contribution in [0.5, 0.6) is 6.01 Å². The fourth-order valence-electron chi connectivity index (χ4n) is 2.16. The first-order valence-electron chi connectivity index (χ1n) is 6.68. The number of carbonyl (C=O) groups is 1. The highest BCUT2D eigenvalue weighted by Gasteiger charge is 2.25. The molecule has 8 nitrogen and oxygen atoms in total. The maximum Gasteiger partial charge on any atom is 0.322 e. The Hall–Kier alpha value is -2.12. The normalized spacial score (nSPS) is 17.9. The van der Waals surface area contributed by atoms with Gasteiger partial charge in [-0.2, -0.15) is 15.0 Å². The molecule has 0 bridgehead atoms. The Labute approximate surface area is 118 Å².